The van der Waals surface area contributed by atoms with E-state index in [1.165, 1.54) is 12.0 Å². The van der Waals surface area contributed by atoms with Crippen molar-refractivity contribution in [2.45, 2.75) is 31.1 Å². The molecule has 0 bridgehead atoms. The summed E-state index contributed by atoms with van der Waals surface area (Å²) in [6.45, 7) is 2.12. The van der Waals surface area contributed by atoms with Crippen LogP contribution in [-0.4, -0.2) is 19.8 Å². The highest BCUT2D eigenvalue weighted by atomic mass is 79.9. The molecule has 1 aliphatic carbocycles. The zero-order valence-corrected chi connectivity index (χ0v) is 12.0. The van der Waals surface area contributed by atoms with Gasteiger partial charge in [0.1, 0.15) is 0 Å². The van der Waals surface area contributed by atoms with Crippen LogP contribution in [0.15, 0.2) is 16.6 Å². The maximum Gasteiger partial charge on any atom is 0.166 e. The van der Waals surface area contributed by atoms with E-state index >= 15 is 0 Å². The lowest BCUT2D eigenvalue weighted by Crippen LogP contribution is -2.42. The van der Waals surface area contributed by atoms with Crippen molar-refractivity contribution in [3.05, 3.63) is 22.2 Å². The molecule has 2 aliphatic rings. The molecule has 4 heteroatoms. The van der Waals surface area contributed by atoms with E-state index in [0.717, 1.165) is 48.4 Å². The largest absolute Gasteiger partial charge is 0.490 e. The molecule has 0 aromatic heterocycles. The second kappa shape index (κ2) is 4.74. The molecule has 1 aliphatic heterocycles. The van der Waals surface area contributed by atoms with Gasteiger partial charge in [-0.05, 0) is 25.0 Å². The molecule has 1 heterocycles. The van der Waals surface area contributed by atoms with Crippen LogP contribution in [0.2, 0.25) is 0 Å². The van der Waals surface area contributed by atoms with Crippen molar-refractivity contribution in [2.24, 2.45) is 5.73 Å². The maximum atomic E-state index is 6.02. The summed E-state index contributed by atoms with van der Waals surface area (Å²) in [7, 11) is 0. The second-order valence-corrected chi connectivity index (χ2v) is 5.99. The topological polar surface area (TPSA) is 44.5 Å². The first-order chi connectivity index (χ1) is 8.77. The lowest BCUT2D eigenvalue weighted by atomic mass is 9.64. The summed E-state index contributed by atoms with van der Waals surface area (Å²) in [5, 5.41) is 0. The fourth-order valence-corrected chi connectivity index (χ4v) is 3.60. The van der Waals surface area contributed by atoms with Gasteiger partial charge in [0.25, 0.3) is 0 Å². The number of fused-ring (bicyclic) bond motifs is 1. The molecular weight excluding hydrogens is 294 g/mol. The summed E-state index contributed by atoms with van der Waals surface area (Å²) >= 11 is 3.66. The van der Waals surface area contributed by atoms with Crippen LogP contribution >= 0.6 is 15.9 Å². The van der Waals surface area contributed by atoms with Crippen molar-refractivity contribution in [3.8, 4) is 11.5 Å². The fourth-order valence-electron chi connectivity index (χ4n) is 2.87. The Kier molecular flexibility index (Phi) is 3.24. The predicted molar refractivity (Wildman–Crippen MR) is 74.3 cm³/mol. The third-order valence-corrected chi connectivity index (χ3v) is 4.76. The Balaban J connectivity index is 2.12. The SMILES string of the molecule is NCC1(c2c(Br)ccc3c2OCCCO3)CCC1. The highest BCUT2D eigenvalue weighted by Gasteiger charge is 2.42. The lowest BCUT2D eigenvalue weighted by molar-refractivity contribution is 0.235. The highest BCUT2D eigenvalue weighted by molar-refractivity contribution is 9.10. The molecule has 0 unspecified atom stereocenters. The van der Waals surface area contributed by atoms with Gasteiger partial charge in [-0.3, -0.25) is 0 Å². The van der Waals surface area contributed by atoms with Crippen molar-refractivity contribution in [2.75, 3.05) is 19.8 Å². The summed E-state index contributed by atoms with van der Waals surface area (Å²) in [4.78, 5) is 0. The smallest absolute Gasteiger partial charge is 0.166 e. The Morgan fingerprint density at radius 1 is 1.17 bits per heavy atom. The average Bonchev–Trinajstić information content (AvgIpc) is 2.56. The van der Waals surface area contributed by atoms with Crippen molar-refractivity contribution in [3.63, 3.8) is 0 Å². The van der Waals surface area contributed by atoms with Gasteiger partial charge < -0.3 is 15.2 Å². The van der Waals surface area contributed by atoms with E-state index in [9.17, 15) is 0 Å². The Labute approximate surface area is 116 Å². The quantitative estimate of drug-likeness (QED) is 0.913. The third-order valence-electron chi connectivity index (χ3n) is 4.10. The Morgan fingerprint density at radius 2 is 1.94 bits per heavy atom. The van der Waals surface area contributed by atoms with E-state index in [1.807, 2.05) is 6.07 Å². The van der Waals surface area contributed by atoms with Gasteiger partial charge >= 0.3 is 0 Å². The van der Waals surface area contributed by atoms with Gasteiger partial charge in [0.05, 0.1) is 13.2 Å². The molecule has 0 atom stereocenters. The molecule has 0 amide bonds. The molecule has 1 fully saturated rings. The van der Waals surface area contributed by atoms with Crippen LogP contribution in [0.5, 0.6) is 11.5 Å². The molecule has 0 saturated heterocycles. The van der Waals surface area contributed by atoms with Gasteiger partial charge in [-0.25, -0.2) is 0 Å². The molecule has 1 saturated carbocycles. The molecular formula is C14H18BrNO2. The molecule has 1 aromatic rings. The van der Waals surface area contributed by atoms with E-state index in [0.29, 0.717) is 6.54 Å². The Morgan fingerprint density at radius 3 is 2.61 bits per heavy atom. The number of hydrogen-bond donors (Lipinski definition) is 1. The van der Waals surface area contributed by atoms with E-state index in [4.69, 9.17) is 15.2 Å². The van der Waals surface area contributed by atoms with Crippen LogP contribution < -0.4 is 15.2 Å². The zero-order chi connectivity index (χ0) is 12.6. The maximum absolute atomic E-state index is 6.02. The van der Waals surface area contributed by atoms with Crippen LogP contribution in [0.4, 0.5) is 0 Å². The molecule has 2 N–H and O–H groups in total. The van der Waals surface area contributed by atoms with Crippen LogP contribution in [0, 0.1) is 0 Å². The molecule has 0 radical (unpaired) electrons. The summed E-state index contributed by atoms with van der Waals surface area (Å²) in [5.41, 5.74) is 7.32. The van der Waals surface area contributed by atoms with E-state index < -0.39 is 0 Å². The van der Waals surface area contributed by atoms with Gasteiger partial charge in [0.15, 0.2) is 11.5 Å². The minimum Gasteiger partial charge on any atom is -0.490 e. The first-order valence-electron chi connectivity index (χ1n) is 6.55. The third kappa shape index (κ3) is 1.82. The highest BCUT2D eigenvalue weighted by Crippen LogP contribution is 2.52. The molecule has 98 valence electrons. The zero-order valence-electron chi connectivity index (χ0n) is 10.4. The minimum atomic E-state index is 0.0812. The van der Waals surface area contributed by atoms with E-state index in [2.05, 4.69) is 22.0 Å². The van der Waals surface area contributed by atoms with Crippen LogP contribution in [0.1, 0.15) is 31.2 Å². The number of rotatable bonds is 2. The average molecular weight is 312 g/mol. The van der Waals surface area contributed by atoms with Crippen LogP contribution in [0.25, 0.3) is 0 Å². The Bertz CT molecular complexity index is 452. The van der Waals surface area contributed by atoms with Gasteiger partial charge in [0, 0.05) is 28.4 Å². The van der Waals surface area contributed by atoms with Crippen LogP contribution in [0.3, 0.4) is 0 Å². The number of ether oxygens (including phenoxy) is 2. The van der Waals surface area contributed by atoms with E-state index in [1.54, 1.807) is 0 Å². The second-order valence-electron chi connectivity index (χ2n) is 5.14. The monoisotopic (exact) mass is 311 g/mol. The first-order valence-corrected chi connectivity index (χ1v) is 7.35. The fraction of sp³-hybridized carbons (Fsp3) is 0.571. The molecule has 3 nitrogen and oxygen atoms in total. The normalized spacial score (nSPS) is 21.0. The van der Waals surface area contributed by atoms with E-state index in [-0.39, 0.29) is 5.41 Å². The lowest BCUT2D eigenvalue weighted by Gasteiger charge is -2.42. The molecule has 3 rings (SSSR count). The number of halogens is 1. The van der Waals surface area contributed by atoms with Crippen LogP contribution in [-0.2, 0) is 5.41 Å². The van der Waals surface area contributed by atoms with Gasteiger partial charge in [-0.15, -0.1) is 0 Å². The summed E-state index contributed by atoms with van der Waals surface area (Å²) < 4.78 is 12.8. The van der Waals surface area contributed by atoms with Crippen molar-refractivity contribution in [1.29, 1.82) is 0 Å². The summed E-state index contributed by atoms with van der Waals surface area (Å²) in [6.07, 6.45) is 4.46. The molecule has 0 spiro atoms. The van der Waals surface area contributed by atoms with Crippen molar-refractivity contribution >= 4 is 15.9 Å². The molecule has 18 heavy (non-hydrogen) atoms. The number of nitrogens with two attached hydrogens (primary N) is 1. The minimum absolute atomic E-state index is 0.0812. The summed E-state index contributed by atoms with van der Waals surface area (Å²) in [6, 6.07) is 4.04. The molecule has 1 aromatic carbocycles. The van der Waals surface area contributed by atoms with Gasteiger partial charge in [-0.1, -0.05) is 22.4 Å². The van der Waals surface area contributed by atoms with Crippen molar-refractivity contribution < 1.29 is 9.47 Å². The Hall–Kier alpha value is -0.740. The first kappa shape index (κ1) is 12.3. The van der Waals surface area contributed by atoms with Gasteiger partial charge in [0.2, 0.25) is 0 Å². The van der Waals surface area contributed by atoms with Crippen molar-refractivity contribution in [1.82, 2.24) is 0 Å². The van der Waals surface area contributed by atoms with Gasteiger partial charge in [-0.2, -0.15) is 0 Å². The predicted octanol–water partition coefficient (Wildman–Crippen LogP) is 2.99. The standard InChI is InChI=1S/C14H18BrNO2/c15-10-3-4-11-13(18-8-2-7-17-11)12(10)14(9-16)5-1-6-14/h3-4H,1-2,5-9,16H2. The summed E-state index contributed by atoms with van der Waals surface area (Å²) in [5.74, 6) is 1.78. The number of benzene rings is 1. The number of hydrogen-bond acceptors (Lipinski definition) is 3.